The molecule has 0 fully saturated rings. The second-order valence-electron chi connectivity index (χ2n) is 7.21. The van der Waals surface area contributed by atoms with E-state index in [0.717, 1.165) is 22.6 Å². The lowest BCUT2D eigenvalue weighted by molar-refractivity contribution is -0.136. The molecule has 162 valence electrons. The van der Waals surface area contributed by atoms with E-state index in [1.165, 1.54) is 6.20 Å². The van der Waals surface area contributed by atoms with Crippen LogP contribution in [-0.4, -0.2) is 21.0 Å². The summed E-state index contributed by atoms with van der Waals surface area (Å²) in [5.41, 5.74) is 3.16. The molecule has 4 rings (SSSR count). The van der Waals surface area contributed by atoms with E-state index in [0.29, 0.717) is 29.6 Å². The smallest absolute Gasteiger partial charge is 0.307 e. The van der Waals surface area contributed by atoms with Crippen LogP contribution < -0.4 is 9.47 Å². The number of pyridine rings is 1. The molecule has 0 aliphatic rings. The van der Waals surface area contributed by atoms with Crippen LogP contribution in [0, 0.1) is 6.92 Å². The number of aryl methyl sites for hydroxylation is 1. The number of aliphatic carboxylic acids is 1. The lowest BCUT2D eigenvalue weighted by atomic mass is 10.2. The van der Waals surface area contributed by atoms with E-state index in [4.69, 9.17) is 19.0 Å². The van der Waals surface area contributed by atoms with Crippen molar-refractivity contribution in [2.45, 2.75) is 26.6 Å². The number of carbonyl (C=O) groups is 1. The zero-order chi connectivity index (χ0) is 22.3. The molecule has 2 heterocycles. The molecule has 0 saturated heterocycles. The van der Waals surface area contributed by atoms with Gasteiger partial charge in [0.2, 0.25) is 5.89 Å². The Balaban J connectivity index is 1.37. The second kappa shape index (κ2) is 9.78. The number of rotatable bonds is 9. The normalized spacial score (nSPS) is 10.7. The summed E-state index contributed by atoms with van der Waals surface area (Å²) < 4.78 is 17.5. The molecule has 0 spiro atoms. The maximum atomic E-state index is 10.9. The average Bonchev–Trinajstić information content (AvgIpc) is 3.17. The monoisotopic (exact) mass is 430 g/mol. The summed E-state index contributed by atoms with van der Waals surface area (Å²) in [4.78, 5) is 19.5. The number of benzene rings is 2. The number of hydrogen-bond donors (Lipinski definition) is 1. The van der Waals surface area contributed by atoms with Gasteiger partial charge in [-0.05, 0) is 48.4 Å². The Morgan fingerprint density at radius 3 is 2.53 bits per heavy atom. The number of aromatic nitrogens is 2. The standard InChI is InChI=1S/C25H22N2O5/c1-17-23(27-25(32-17)20-7-3-2-4-8-20)16-31-21-9-5-6-18(10-21)15-30-22-11-19(12-24(28)29)13-26-14-22/h2-11,13-14H,12,15-16H2,1H3,(H,28,29). The van der Waals surface area contributed by atoms with Crippen molar-refractivity contribution in [3.05, 3.63) is 95.6 Å². The van der Waals surface area contributed by atoms with Crippen LogP contribution in [0.15, 0.2) is 77.5 Å². The molecule has 0 saturated carbocycles. The van der Waals surface area contributed by atoms with Gasteiger partial charge in [-0.2, -0.15) is 0 Å². The van der Waals surface area contributed by atoms with Gasteiger partial charge in [-0.3, -0.25) is 9.78 Å². The Morgan fingerprint density at radius 2 is 1.72 bits per heavy atom. The first-order valence-corrected chi connectivity index (χ1v) is 10.1. The number of carboxylic acids is 1. The third kappa shape index (κ3) is 5.51. The van der Waals surface area contributed by atoms with Gasteiger partial charge in [-0.25, -0.2) is 4.98 Å². The highest BCUT2D eigenvalue weighted by Gasteiger charge is 2.12. The van der Waals surface area contributed by atoms with Crippen molar-refractivity contribution in [3.8, 4) is 23.0 Å². The third-order valence-corrected chi connectivity index (χ3v) is 4.72. The summed E-state index contributed by atoms with van der Waals surface area (Å²) in [7, 11) is 0. The molecule has 0 unspecified atom stereocenters. The molecule has 0 bridgehead atoms. The van der Waals surface area contributed by atoms with Gasteiger partial charge < -0.3 is 19.0 Å². The molecule has 0 amide bonds. The van der Waals surface area contributed by atoms with Crippen LogP contribution in [0.4, 0.5) is 0 Å². The summed E-state index contributed by atoms with van der Waals surface area (Å²) >= 11 is 0. The van der Waals surface area contributed by atoms with Crippen LogP contribution >= 0.6 is 0 Å². The van der Waals surface area contributed by atoms with Crippen molar-refractivity contribution in [2.75, 3.05) is 0 Å². The van der Waals surface area contributed by atoms with Gasteiger partial charge in [-0.15, -0.1) is 0 Å². The summed E-state index contributed by atoms with van der Waals surface area (Å²) in [6.07, 6.45) is 2.98. The molecule has 32 heavy (non-hydrogen) atoms. The van der Waals surface area contributed by atoms with Crippen LogP contribution in [-0.2, 0) is 24.4 Å². The molecule has 0 aliphatic carbocycles. The average molecular weight is 430 g/mol. The molecular weight excluding hydrogens is 408 g/mol. The fraction of sp³-hybridized carbons (Fsp3) is 0.160. The number of carboxylic acid groups (broad SMARTS) is 1. The molecule has 2 aromatic heterocycles. The molecule has 7 heteroatoms. The molecule has 0 radical (unpaired) electrons. The lowest BCUT2D eigenvalue weighted by Gasteiger charge is -2.09. The predicted molar refractivity (Wildman–Crippen MR) is 117 cm³/mol. The minimum atomic E-state index is -0.910. The van der Waals surface area contributed by atoms with Gasteiger partial charge in [0.25, 0.3) is 0 Å². The Bertz CT molecular complexity index is 1200. The summed E-state index contributed by atoms with van der Waals surface area (Å²) in [5, 5.41) is 8.91. The van der Waals surface area contributed by atoms with Crippen molar-refractivity contribution in [1.82, 2.24) is 9.97 Å². The summed E-state index contributed by atoms with van der Waals surface area (Å²) in [5.74, 6) is 1.58. The molecule has 1 N–H and O–H groups in total. The third-order valence-electron chi connectivity index (χ3n) is 4.72. The van der Waals surface area contributed by atoms with Crippen LogP contribution in [0.1, 0.15) is 22.6 Å². The van der Waals surface area contributed by atoms with Gasteiger partial charge in [0.05, 0.1) is 12.6 Å². The van der Waals surface area contributed by atoms with Crippen LogP contribution in [0.3, 0.4) is 0 Å². The fourth-order valence-corrected chi connectivity index (χ4v) is 3.12. The maximum absolute atomic E-state index is 10.9. The molecule has 7 nitrogen and oxygen atoms in total. The van der Waals surface area contributed by atoms with E-state index in [-0.39, 0.29) is 13.0 Å². The van der Waals surface area contributed by atoms with Gasteiger partial charge in [0.1, 0.15) is 36.2 Å². The summed E-state index contributed by atoms with van der Waals surface area (Å²) in [6, 6.07) is 19.0. The van der Waals surface area contributed by atoms with Gasteiger partial charge >= 0.3 is 5.97 Å². The molecule has 0 aliphatic heterocycles. The summed E-state index contributed by atoms with van der Waals surface area (Å²) in [6.45, 7) is 2.46. The Morgan fingerprint density at radius 1 is 0.938 bits per heavy atom. The molecular formula is C25H22N2O5. The first-order valence-electron chi connectivity index (χ1n) is 10.1. The maximum Gasteiger partial charge on any atom is 0.307 e. The first-order chi connectivity index (χ1) is 15.6. The highest BCUT2D eigenvalue weighted by molar-refractivity contribution is 5.70. The number of hydrogen-bond acceptors (Lipinski definition) is 6. The first kappa shape index (κ1) is 21.1. The van der Waals surface area contributed by atoms with E-state index >= 15 is 0 Å². The lowest BCUT2D eigenvalue weighted by Crippen LogP contribution is -2.02. The van der Waals surface area contributed by atoms with Crippen molar-refractivity contribution < 1.29 is 23.8 Å². The van der Waals surface area contributed by atoms with E-state index in [1.807, 2.05) is 61.5 Å². The fourth-order valence-electron chi connectivity index (χ4n) is 3.12. The quantitative estimate of drug-likeness (QED) is 0.406. The van der Waals surface area contributed by atoms with Crippen LogP contribution in [0.25, 0.3) is 11.5 Å². The number of nitrogens with zero attached hydrogens (tertiary/aromatic N) is 2. The van der Waals surface area contributed by atoms with Crippen molar-refractivity contribution in [1.29, 1.82) is 0 Å². The molecule has 2 aromatic carbocycles. The zero-order valence-electron chi connectivity index (χ0n) is 17.5. The van der Waals surface area contributed by atoms with Crippen molar-refractivity contribution in [2.24, 2.45) is 0 Å². The zero-order valence-corrected chi connectivity index (χ0v) is 17.5. The van der Waals surface area contributed by atoms with Crippen LogP contribution in [0.5, 0.6) is 11.5 Å². The predicted octanol–water partition coefficient (Wildman–Crippen LogP) is 4.83. The van der Waals surface area contributed by atoms with E-state index in [2.05, 4.69) is 9.97 Å². The van der Waals surface area contributed by atoms with Crippen LogP contribution in [0.2, 0.25) is 0 Å². The Kier molecular flexibility index (Phi) is 6.46. The SMILES string of the molecule is Cc1oc(-c2ccccc2)nc1COc1cccc(COc2cncc(CC(=O)O)c2)c1. The van der Waals surface area contributed by atoms with Gasteiger partial charge in [-0.1, -0.05) is 30.3 Å². The highest BCUT2D eigenvalue weighted by atomic mass is 16.5. The largest absolute Gasteiger partial charge is 0.487 e. The number of ether oxygens (including phenoxy) is 2. The van der Waals surface area contributed by atoms with Gasteiger partial charge in [0, 0.05) is 11.8 Å². The minimum Gasteiger partial charge on any atom is -0.487 e. The van der Waals surface area contributed by atoms with E-state index in [1.54, 1.807) is 12.3 Å². The Labute approximate surface area is 185 Å². The second-order valence-corrected chi connectivity index (χ2v) is 7.21. The topological polar surface area (TPSA) is 94.7 Å². The van der Waals surface area contributed by atoms with E-state index < -0.39 is 5.97 Å². The molecule has 0 atom stereocenters. The molecule has 4 aromatic rings. The number of oxazole rings is 1. The van der Waals surface area contributed by atoms with E-state index in [9.17, 15) is 4.79 Å². The minimum absolute atomic E-state index is 0.0963. The highest BCUT2D eigenvalue weighted by Crippen LogP contribution is 2.23. The van der Waals surface area contributed by atoms with Crippen molar-refractivity contribution in [3.63, 3.8) is 0 Å². The van der Waals surface area contributed by atoms with Crippen molar-refractivity contribution >= 4 is 5.97 Å². The van der Waals surface area contributed by atoms with Gasteiger partial charge in [0.15, 0.2) is 0 Å². The Hall–Kier alpha value is -4.13.